The minimum atomic E-state index is 0.0309. The highest BCUT2D eigenvalue weighted by atomic mass is 16.5. The summed E-state index contributed by atoms with van der Waals surface area (Å²) in [7, 11) is 1.87. The van der Waals surface area contributed by atoms with Gasteiger partial charge in [0, 0.05) is 25.0 Å². The maximum atomic E-state index is 12.3. The first kappa shape index (κ1) is 15.4. The van der Waals surface area contributed by atoms with E-state index in [0.29, 0.717) is 6.54 Å². The molecule has 4 nitrogen and oxygen atoms in total. The van der Waals surface area contributed by atoms with Crippen molar-refractivity contribution in [3.63, 3.8) is 0 Å². The van der Waals surface area contributed by atoms with Crippen LogP contribution in [0.3, 0.4) is 0 Å². The fourth-order valence-corrected chi connectivity index (χ4v) is 2.55. The molecule has 0 bridgehead atoms. The maximum Gasteiger partial charge on any atom is 0.264 e. The van der Waals surface area contributed by atoms with E-state index in [1.165, 1.54) is 12.8 Å². The van der Waals surface area contributed by atoms with Crippen LogP contribution in [0.4, 0.5) is 5.69 Å². The highest BCUT2D eigenvalue weighted by Gasteiger charge is 2.18. The van der Waals surface area contributed by atoms with E-state index in [9.17, 15) is 4.79 Å². The molecule has 0 heterocycles. The third-order valence-electron chi connectivity index (χ3n) is 3.74. The van der Waals surface area contributed by atoms with Crippen molar-refractivity contribution in [1.82, 2.24) is 4.90 Å². The number of allylic oxidation sites excluding steroid dienone is 2. The SMILES string of the molecule is CCN(C(=O)COc1ccc(NC)cc1)C1=CCCCC1. The Balaban J connectivity index is 1.91. The first-order valence-corrected chi connectivity index (χ1v) is 7.64. The second-order valence-corrected chi connectivity index (χ2v) is 5.14. The summed E-state index contributed by atoms with van der Waals surface area (Å²) in [6.45, 7) is 2.80. The Morgan fingerprint density at radius 1 is 1.29 bits per heavy atom. The quantitative estimate of drug-likeness (QED) is 0.872. The Labute approximate surface area is 126 Å². The zero-order chi connectivity index (χ0) is 15.1. The van der Waals surface area contributed by atoms with Crippen LogP contribution in [0.25, 0.3) is 0 Å². The molecule has 0 fully saturated rings. The number of nitrogens with zero attached hydrogens (tertiary/aromatic N) is 1. The molecule has 0 unspecified atom stereocenters. The minimum absolute atomic E-state index is 0.0309. The standard InChI is InChI=1S/C17H24N2O2/c1-3-19(15-7-5-4-6-8-15)17(20)13-21-16-11-9-14(18-2)10-12-16/h7,9-12,18H,3-6,8,13H2,1-2H3. The number of benzene rings is 1. The van der Waals surface area contributed by atoms with Crippen LogP contribution < -0.4 is 10.1 Å². The van der Waals surface area contributed by atoms with Gasteiger partial charge >= 0.3 is 0 Å². The molecule has 2 rings (SSSR count). The van der Waals surface area contributed by atoms with Crippen molar-refractivity contribution in [2.45, 2.75) is 32.6 Å². The summed E-state index contributed by atoms with van der Waals surface area (Å²) < 4.78 is 5.59. The summed E-state index contributed by atoms with van der Waals surface area (Å²) in [5.41, 5.74) is 2.18. The molecule has 0 atom stereocenters. The predicted molar refractivity (Wildman–Crippen MR) is 85.4 cm³/mol. The number of nitrogens with one attached hydrogen (secondary N) is 1. The van der Waals surface area contributed by atoms with Gasteiger partial charge in [-0.05, 0) is 56.9 Å². The van der Waals surface area contributed by atoms with Gasteiger partial charge in [-0.15, -0.1) is 0 Å². The van der Waals surface area contributed by atoms with E-state index >= 15 is 0 Å². The normalized spacial score (nSPS) is 14.3. The highest BCUT2D eigenvalue weighted by Crippen LogP contribution is 2.21. The third-order valence-corrected chi connectivity index (χ3v) is 3.74. The Hall–Kier alpha value is -1.97. The van der Waals surface area contributed by atoms with E-state index in [2.05, 4.69) is 11.4 Å². The molecule has 1 N–H and O–H groups in total. The van der Waals surface area contributed by atoms with Gasteiger partial charge in [-0.2, -0.15) is 0 Å². The number of anilines is 1. The van der Waals surface area contributed by atoms with Crippen LogP contribution in [0.5, 0.6) is 5.75 Å². The van der Waals surface area contributed by atoms with Gasteiger partial charge in [0.15, 0.2) is 6.61 Å². The number of carbonyl (C=O) groups is 1. The van der Waals surface area contributed by atoms with Crippen LogP contribution in [0, 0.1) is 0 Å². The van der Waals surface area contributed by atoms with E-state index < -0.39 is 0 Å². The van der Waals surface area contributed by atoms with Crippen molar-refractivity contribution >= 4 is 11.6 Å². The average Bonchev–Trinajstić information content (AvgIpc) is 2.55. The molecule has 4 heteroatoms. The molecule has 1 amide bonds. The minimum Gasteiger partial charge on any atom is -0.484 e. The van der Waals surface area contributed by atoms with Crippen LogP contribution in [0.2, 0.25) is 0 Å². The number of likely N-dealkylation sites (N-methyl/N-ethyl adjacent to an activating group) is 1. The molecule has 1 aliphatic carbocycles. The number of amides is 1. The zero-order valence-corrected chi connectivity index (χ0v) is 12.9. The van der Waals surface area contributed by atoms with Crippen molar-refractivity contribution in [2.24, 2.45) is 0 Å². The fraction of sp³-hybridized carbons (Fsp3) is 0.471. The lowest BCUT2D eigenvalue weighted by molar-refractivity contribution is -0.131. The van der Waals surface area contributed by atoms with Crippen molar-refractivity contribution < 1.29 is 9.53 Å². The largest absolute Gasteiger partial charge is 0.484 e. The molecule has 0 aliphatic heterocycles. The van der Waals surface area contributed by atoms with Crippen LogP contribution in [-0.4, -0.2) is 31.0 Å². The Bertz CT molecular complexity index is 494. The van der Waals surface area contributed by atoms with Crippen LogP contribution in [0.15, 0.2) is 36.0 Å². The molecule has 1 aromatic carbocycles. The zero-order valence-electron chi connectivity index (χ0n) is 12.9. The van der Waals surface area contributed by atoms with Gasteiger partial charge in [-0.25, -0.2) is 0 Å². The number of hydrogen-bond donors (Lipinski definition) is 1. The van der Waals surface area contributed by atoms with Crippen molar-refractivity contribution in [2.75, 3.05) is 25.5 Å². The lowest BCUT2D eigenvalue weighted by atomic mass is 10.0. The molecular weight excluding hydrogens is 264 g/mol. The van der Waals surface area contributed by atoms with Crippen molar-refractivity contribution in [1.29, 1.82) is 0 Å². The summed E-state index contributed by atoms with van der Waals surface area (Å²) in [6, 6.07) is 7.60. The summed E-state index contributed by atoms with van der Waals surface area (Å²) in [4.78, 5) is 14.2. The summed E-state index contributed by atoms with van der Waals surface area (Å²) in [5, 5.41) is 3.05. The summed E-state index contributed by atoms with van der Waals surface area (Å²) >= 11 is 0. The second kappa shape index (κ2) is 7.72. The van der Waals surface area contributed by atoms with Gasteiger partial charge in [0.25, 0.3) is 5.91 Å². The highest BCUT2D eigenvalue weighted by molar-refractivity contribution is 5.79. The van der Waals surface area contributed by atoms with E-state index in [1.54, 1.807) is 0 Å². The van der Waals surface area contributed by atoms with E-state index in [1.807, 2.05) is 43.1 Å². The maximum absolute atomic E-state index is 12.3. The Morgan fingerprint density at radius 3 is 2.62 bits per heavy atom. The topological polar surface area (TPSA) is 41.6 Å². The Kier molecular flexibility index (Phi) is 5.67. The molecule has 1 aliphatic rings. The van der Waals surface area contributed by atoms with E-state index in [4.69, 9.17) is 4.74 Å². The molecule has 0 saturated heterocycles. The van der Waals surface area contributed by atoms with Crippen molar-refractivity contribution in [3.05, 3.63) is 36.0 Å². The van der Waals surface area contributed by atoms with Crippen molar-refractivity contribution in [3.8, 4) is 5.75 Å². The molecule has 1 aromatic rings. The molecule has 0 spiro atoms. The van der Waals surface area contributed by atoms with Gasteiger partial charge < -0.3 is 15.0 Å². The number of rotatable bonds is 6. The van der Waals surface area contributed by atoms with Gasteiger partial charge in [-0.1, -0.05) is 6.08 Å². The molecule has 114 valence electrons. The molecule has 0 aromatic heterocycles. The fourth-order valence-electron chi connectivity index (χ4n) is 2.55. The smallest absolute Gasteiger partial charge is 0.264 e. The van der Waals surface area contributed by atoms with Crippen LogP contribution in [-0.2, 0) is 4.79 Å². The molecule has 21 heavy (non-hydrogen) atoms. The third kappa shape index (κ3) is 4.25. The number of carbonyl (C=O) groups excluding carboxylic acids is 1. The molecule has 0 saturated carbocycles. The van der Waals surface area contributed by atoms with E-state index in [0.717, 1.165) is 30.0 Å². The number of ether oxygens (including phenoxy) is 1. The van der Waals surface area contributed by atoms with Crippen LogP contribution >= 0.6 is 0 Å². The van der Waals surface area contributed by atoms with Crippen LogP contribution in [0.1, 0.15) is 32.6 Å². The monoisotopic (exact) mass is 288 g/mol. The van der Waals surface area contributed by atoms with Gasteiger partial charge in [-0.3, -0.25) is 4.79 Å². The lowest BCUT2D eigenvalue weighted by Crippen LogP contribution is -2.34. The predicted octanol–water partition coefficient (Wildman–Crippen LogP) is 3.41. The first-order valence-electron chi connectivity index (χ1n) is 7.64. The lowest BCUT2D eigenvalue weighted by Gasteiger charge is -2.26. The second-order valence-electron chi connectivity index (χ2n) is 5.14. The molecular formula is C17H24N2O2. The molecule has 0 radical (unpaired) electrons. The van der Waals surface area contributed by atoms with Gasteiger partial charge in [0.2, 0.25) is 0 Å². The summed E-state index contributed by atoms with van der Waals surface area (Å²) in [5.74, 6) is 0.749. The van der Waals surface area contributed by atoms with E-state index in [-0.39, 0.29) is 12.5 Å². The van der Waals surface area contributed by atoms with Gasteiger partial charge in [0.1, 0.15) is 5.75 Å². The summed E-state index contributed by atoms with van der Waals surface area (Å²) in [6.07, 6.45) is 6.65. The average molecular weight is 288 g/mol. The van der Waals surface area contributed by atoms with Gasteiger partial charge in [0.05, 0.1) is 0 Å². The number of hydrogen-bond acceptors (Lipinski definition) is 3. The Morgan fingerprint density at radius 2 is 2.05 bits per heavy atom. The first-order chi connectivity index (χ1) is 10.2.